The Morgan fingerprint density at radius 3 is 2.67 bits per heavy atom. The molecule has 0 fully saturated rings. The molecule has 2 rings (SSSR count). The van der Waals surface area contributed by atoms with Gasteiger partial charge in [-0.1, -0.05) is 18.2 Å². The lowest BCUT2D eigenvalue weighted by molar-refractivity contribution is -0.129. The van der Waals surface area contributed by atoms with Crippen molar-refractivity contribution in [1.82, 2.24) is 4.90 Å². The molecular weight excluding hydrogens is 234 g/mol. The van der Waals surface area contributed by atoms with Gasteiger partial charge in [0.2, 0.25) is 11.8 Å². The summed E-state index contributed by atoms with van der Waals surface area (Å²) in [6.07, 6.45) is 0.132. The molecule has 0 aromatic heterocycles. The number of benzene rings is 1. The number of imide groups is 1. The molecule has 6 nitrogen and oxygen atoms in total. The van der Waals surface area contributed by atoms with Gasteiger partial charge in [-0.05, 0) is 11.6 Å². The van der Waals surface area contributed by atoms with Gasteiger partial charge in [-0.25, -0.2) is 0 Å². The zero-order valence-corrected chi connectivity index (χ0v) is 9.63. The zero-order valence-electron chi connectivity index (χ0n) is 9.63. The lowest BCUT2D eigenvalue weighted by Crippen LogP contribution is -2.52. The summed E-state index contributed by atoms with van der Waals surface area (Å²) in [7, 11) is 0. The predicted octanol–water partition coefficient (Wildman–Crippen LogP) is -0.976. The fourth-order valence-corrected chi connectivity index (χ4v) is 1.87. The highest BCUT2D eigenvalue weighted by atomic mass is 16.2. The molecule has 0 saturated carbocycles. The van der Waals surface area contributed by atoms with Crippen molar-refractivity contribution in [3.63, 3.8) is 0 Å². The van der Waals surface area contributed by atoms with Crippen LogP contribution in [0.4, 0.5) is 0 Å². The van der Waals surface area contributed by atoms with Crippen molar-refractivity contribution in [2.75, 3.05) is 6.54 Å². The molecule has 0 spiro atoms. The Labute approximate surface area is 104 Å². The van der Waals surface area contributed by atoms with E-state index in [9.17, 15) is 14.4 Å². The first-order valence-corrected chi connectivity index (χ1v) is 5.48. The number of hydrogen-bond acceptors (Lipinski definition) is 4. The largest absolute Gasteiger partial charge is 0.368 e. The van der Waals surface area contributed by atoms with Crippen LogP contribution in [0.25, 0.3) is 0 Å². The molecule has 6 heteroatoms. The van der Waals surface area contributed by atoms with Crippen molar-refractivity contribution in [1.29, 1.82) is 0 Å². The summed E-state index contributed by atoms with van der Waals surface area (Å²) in [4.78, 5) is 35.8. The number of carbonyl (C=O) groups is 3. The topological polar surface area (TPSA) is 106 Å². The van der Waals surface area contributed by atoms with E-state index in [0.29, 0.717) is 11.1 Å². The third kappa shape index (κ3) is 2.10. The minimum Gasteiger partial charge on any atom is -0.368 e. The van der Waals surface area contributed by atoms with Crippen LogP contribution in [0.3, 0.4) is 0 Å². The van der Waals surface area contributed by atoms with Crippen molar-refractivity contribution < 1.29 is 14.4 Å². The Hall–Kier alpha value is -2.21. The molecule has 1 unspecified atom stereocenters. The Kier molecular flexibility index (Phi) is 3.12. The van der Waals surface area contributed by atoms with Crippen LogP contribution in [0.2, 0.25) is 0 Å². The Balaban J connectivity index is 2.27. The number of rotatable bonds is 3. The van der Waals surface area contributed by atoms with Crippen LogP contribution in [0.5, 0.6) is 0 Å². The lowest BCUT2D eigenvalue weighted by Gasteiger charge is -2.28. The average Bonchev–Trinajstić information content (AvgIpc) is 2.34. The molecule has 0 bridgehead atoms. The van der Waals surface area contributed by atoms with Gasteiger partial charge in [0.25, 0.3) is 5.91 Å². The maximum Gasteiger partial charge on any atom is 0.260 e. The van der Waals surface area contributed by atoms with E-state index >= 15 is 0 Å². The molecular formula is C12H13N3O3. The van der Waals surface area contributed by atoms with Crippen LogP contribution in [-0.2, 0) is 16.0 Å². The Morgan fingerprint density at radius 1 is 1.33 bits per heavy atom. The molecule has 0 saturated heterocycles. The molecule has 18 heavy (non-hydrogen) atoms. The first-order chi connectivity index (χ1) is 8.50. The first kappa shape index (κ1) is 12.3. The second-order valence-corrected chi connectivity index (χ2v) is 4.15. The lowest BCUT2D eigenvalue weighted by atomic mass is 9.98. The summed E-state index contributed by atoms with van der Waals surface area (Å²) in [6.45, 7) is -0.179. The van der Waals surface area contributed by atoms with E-state index in [0.717, 1.165) is 4.90 Å². The SMILES string of the molecule is NC(=O)C(N)CN1C(=O)Cc2ccccc2C1=O. The van der Waals surface area contributed by atoms with E-state index in [4.69, 9.17) is 11.5 Å². The fraction of sp³-hybridized carbons (Fsp3) is 0.250. The van der Waals surface area contributed by atoms with E-state index in [1.807, 2.05) is 0 Å². The highest BCUT2D eigenvalue weighted by molar-refractivity contribution is 6.10. The van der Waals surface area contributed by atoms with Crippen molar-refractivity contribution in [2.24, 2.45) is 11.5 Å². The summed E-state index contributed by atoms with van der Waals surface area (Å²) in [5, 5.41) is 0. The molecule has 1 aromatic rings. The number of carbonyl (C=O) groups excluding carboxylic acids is 3. The molecule has 1 heterocycles. The molecule has 0 aliphatic carbocycles. The van der Waals surface area contributed by atoms with Gasteiger partial charge in [-0.3, -0.25) is 19.3 Å². The Morgan fingerprint density at radius 2 is 2.00 bits per heavy atom. The second-order valence-electron chi connectivity index (χ2n) is 4.15. The normalized spacial score (nSPS) is 16.4. The molecule has 1 aromatic carbocycles. The number of nitrogens with zero attached hydrogens (tertiary/aromatic N) is 1. The zero-order chi connectivity index (χ0) is 13.3. The van der Waals surface area contributed by atoms with Crippen LogP contribution in [0, 0.1) is 0 Å². The molecule has 1 atom stereocenters. The molecule has 0 radical (unpaired) electrons. The molecule has 1 aliphatic heterocycles. The van der Waals surface area contributed by atoms with Crippen LogP contribution in [0.15, 0.2) is 24.3 Å². The predicted molar refractivity (Wildman–Crippen MR) is 63.4 cm³/mol. The second kappa shape index (κ2) is 4.58. The number of amides is 3. The van der Waals surface area contributed by atoms with Gasteiger partial charge < -0.3 is 11.5 Å². The van der Waals surface area contributed by atoms with Gasteiger partial charge in [-0.2, -0.15) is 0 Å². The van der Waals surface area contributed by atoms with Crippen LogP contribution in [-0.4, -0.2) is 35.2 Å². The van der Waals surface area contributed by atoms with Crippen molar-refractivity contribution in [3.05, 3.63) is 35.4 Å². The van der Waals surface area contributed by atoms with Gasteiger partial charge in [0.15, 0.2) is 0 Å². The van der Waals surface area contributed by atoms with Crippen LogP contribution < -0.4 is 11.5 Å². The maximum atomic E-state index is 12.1. The third-order valence-corrected chi connectivity index (χ3v) is 2.88. The van der Waals surface area contributed by atoms with Gasteiger partial charge >= 0.3 is 0 Å². The quantitative estimate of drug-likeness (QED) is 0.670. The van der Waals surface area contributed by atoms with Crippen molar-refractivity contribution >= 4 is 17.7 Å². The number of hydrogen-bond donors (Lipinski definition) is 2. The van der Waals surface area contributed by atoms with E-state index < -0.39 is 17.9 Å². The summed E-state index contributed by atoms with van der Waals surface area (Å²) in [5.74, 6) is -1.54. The van der Waals surface area contributed by atoms with Crippen molar-refractivity contribution in [2.45, 2.75) is 12.5 Å². The summed E-state index contributed by atoms with van der Waals surface area (Å²) < 4.78 is 0. The standard InChI is InChI=1S/C12H13N3O3/c13-9(11(14)17)6-15-10(16)5-7-3-1-2-4-8(7)12(15)18/h1-4,9H,5-6,13H2,(H2,14,17). The molecule has 1 aliphatic rings. The highest BCUT2D eigenvalue weighted by Crippen LogP contribution is 2.19. The molecule has 3 amide bonds. The minimum atomic E-state index is -1.04. The third-order valence-electron chi connectivity index (χ3n) is 2.88. The molecule has 94 valence electrons. The number of primary amides is 1. The van der Waals surface area contributed by atoms with E-state index in [-0.39, 0.29) is 18.9 Å². The smallest absolute Gasteiger partial charge is 0.260 e. The minimum absolute atomic E-state index is 0.132. The average molecular weight is 247 g/mol. The summed E-state index contributed by atoms with van der Waals surface area (Å²) in [5.41, 5.74) is 11.7. The number of nitrogens with two attached hydrogens (primary N) is 2. The van der Waals surface area contributed by atoms with Crippen molar-refractivity contribution in [3.8, 4) is 0 Å². The van der Waals surface area contributed by atoms with Gasteiger partial charge in [0.1, 0.15) is 6.04 Å². The Bertz CT molecular complexity index is 527. The fourth-order valence-electron chi connectivity index (χ4n) is 1.87. The number of fused-ring (bicyclic) bond motifs is 1. The first-order valence-electron chi connectivity index (χ1n) is 5.48. The highest BCUT2D eigenvalue weighted by Gasteiger charge is 2.32. The van der Waals surface area contributed by atoms with E-state index in [1.54, 1.807) is 24.3 Å². The summed E-state index contributed by atoms with van der Waals surface area (Å²) in [6, 6.07) is 5.83. The monoisotopic (exact) mass is 247 g/mol. The van der Waals surface area contributed by atoms with E-state index in [1.165, 1.54) is 0 Å². The van der Waals surface area contributed by atoms with Gasteiger partial charge in [0.05, 0.1) is 13.0 Å². The summed E-state index contributed by atoms with van der Waals surface area (Å²) >= 11 is 0. The molecule has 4 N–H and O–H groups in total. The van der Waals surface area contributed by atoms with Crippen LogP contribution >= 0.6 is 0 Å². The van der Waals surface area contributed by atoms with Gasteiger partial charge in [-0.15, -0.1) is 0 Å². The maximum absolute atomic E-state index is 12.1. The van der Waals surface area contributed by atoms with E-state index in [2.05, 4.69) is 0 Å². The van der Waals surface area contributed by atoms with Crippen LogP contribution in [0.1, 0.15) is 15.9 Å². The van der Waals surface area contributed by atoms with Gasteiger partial charge in [0, 0.05) is 5.56 Å².